The molecule has 0 aromatic rings. The molecule has 0 bridgehead atoms. The minimum Gasteiger partial charge on any atom is -0.394 e. The van der Waals surface area contributed by atoms with Gasteiger partial charge in [0.1, 0.15) is 48.8 Å². The summed E-state index contributed by atoms with van der Waals surface area (Å²) in [5, 5.41) is 87.5. The molecule has 0 radical (unpaired) electrons. The number of aliphatic hydroxyl groups excluding tert-OH is 8. The lowest BCUT2D eigenvalue weighted by molar-refractivity contribution is -0.359. The van der Waals surface area contributed by atoms with Crippen molar-refractivity contribution < 1.29 is 64.6 Å². The van der Waals surface area contributed by atoms with Gasteiger partial charge in [0.15, 0.2) is 12.6 Å². The van der Waals surface area contributed by atoms with Gasteiger partial charge in [-0.15, -0.1) is 0 Å². The summed E-state index contributed by atoms with van der Waals surface area (Å²) >= 11 is 0. The van der Waals surface area contributed by atoms with Crippen LogP contribution >= 0.6 is 0 Å². The third-order valence-electron chi connectivity index (χ3n) is 18.1. The van der Waals surface area contributed by atoms with Gasteiger partial charge in [0.2, 0.25) is 5.91 Å². The van der Waals surface area contributed by atoms with Crippen molar-refractivity contribution in [3.05, 3.63) is 24.3 Å². The first-order valence-corrected chi connectivity index (χ1v) is 36.6. The highest BCUT2D eigenvalue weighted by molar-refractivity contribution is 5.76. The molecule has 2 aliphatic heterocycles. The lowest BCUT2D eigenvalue weighted by Crippen LogP contribution is -2.65. The highest BCUT2D eigenvalue weighted by Gasteiger charge is 2.51. The first-order chi connectivity index (χ1) is 42.1. The Morgan fingerprint density at radius 2 is 0.733 bits per heavy atom. The Hall–Kier alpha value is -1.53. The Balaban J connectivity index is 1.66. The van der Waals surface area contributed by atoms with Gasteiger partial charge < -0.3 is 65.1 Å². The molecule has 0 aliphatic carbocycles. The summed E-state index contributed by atoms with van der Waals surface area (Å²) in [5.41, 5.74) is 0. The largest absolute Gasteiger partial charge is 0.394 e. The molecular weight excluding hydrogens is 1090 g/mol. The summed E-state index contributed by atoms with van der Waals surface area (Å²) in [6.07, 6.45) is 55.3. The predicted octanol–water partition coefficient (Wildman–Crippen LogP) is 15.1. The number of hydrogen-bond donors (Lipinski definition) is 9. The van der Waals surface area contributed by atoms with Crippen molar-refractivity contribution in [1.29, 1.82) is 0 Å². The van der Waals surface area contributed by atoms with Gasteiger partial charge in [-0.1, -0.05) is 308 Å². The maximum atomic E-state index is 13.3. The minimum atomic E-state index is -1.79. The second kappa shape index (κ2) is 57.4. The smallest absolute Gasteiger partial charge is 0.220 e. The van der Waals surface area contributed by atoms with Crippen molar-refractivity contribution in [3.63, 3.8) is 0 Å². The standard InChI is InChI=1S/C72H137NO13/c1-3-5-7-9-11-13-15-17-19-21-23-25-26-27-28-29-30-31-32-33-34-36-37-39-41-43-45-47-49-51-53-55-61(76)60(59-83-71-69(82)67(80)70(63(58-75)85-71)86-72-68(81)66(79)65(78)62(57-74)84-72)73-64(77)56-54-52-50-48-46-44-42-40-38-35-24-22-20-18-16-14-12-10-8-6-4-2/h22,24,53,55,60-63,65-72,74-76,78-82H,3-21,23,25-52,54,56-59H2,1-2H3,(H,73,77)/b24-22-,55-53+. The van der Waals surface area contributed by atoms with E-state index < -0.39 is 86.8 Å². The number of aliphatic hydroxyl groups is 8. The molecular formula is C72H137NO13. The maximum absolute atomic E-state index is 13.3. The molecule has 2 saturated heterocycles. The van der Waals surface area contributed by atoms with Crippen LogP contribution in [0.1, 0.15) is 335 Å². The highest BCUT2D eigenvalue weighted by atomic mass is 16.7. The summed E-state index contributed by atoms with van der Waals surface area (Å²) in [6, 6.07) is -0.915. The maximum Gasteiger partial charge on any atom is 0.220 e. The van der Waals surface area contributed by atoms with Crippen LogP contribution in [-0.2, 0) is 23.7 Å². The van der Waals surface area contributed by atoms with Crippen molar-refractivity contribution in [2.45, 2.75) is 408 Å². The van der Waals surface area contributed by atoms with Crippen LogP contribution in [0.15, 0.2) is 24.3 Å². The van der Waals surface area contributed by atoms with Gasteiger partial charge >= 0.3 is 0 Å². The number of rotatable bonds is 61. The Bertz CT molecular complexity index is 1540. The molecule has 0 aromatic heterocycles. The van der Waals surface area contributed by atoms with E-state index >= 15 is 0 Å². The van der Waals surface area contributed by atoms with Crippen LogP contribution in [0.25, 0.3) is 0 Å². The van der Waals surface area contributed by atoms with Gasteiger partial charge in [-0.3, -0.25) is 4.79 Å². The number of ether oxygens (including phenoxy) is 4. The Morgan fingerprint density at radius 1 is 0.407 bits per heavy atom. The number of carbonyl (C=O) groups excluding carboxylic acids is 1. The Morgan fingerprint density at radius 3 is 1.10 bits per heavy atom. The van der Waals surface area contributed by atoms with Crippen LogP contribution in [0, 0.1) is 0 Å². The van der Waals surface area contributed by atoms with E-state index in [0.717, 1.165) is 38.5 Å². The SMILES string of the molecule is CCCCCCCCCC/C=C\CCCCCCCCCCCC(=O)NC(COC1OC(CO)C(OC2OC(CO)C(O)C(O)C2O)C(O)C1O)C(O)/C=C/CCCCCCCCCCCCCCCCCCCCCCCCCCCCCCC. The molecule has 2 heterocycles. The van der Waals surface area contributed by atoms with Crippen LogP contribution in [0.2, 0.25) is 0 Å². The molecule has 12 unspecified atom stereocenters. The fraction of sp³-hybridized carbons (Fsp3) is 0.931. The number of carbonyl (C=O) groups is 1. The molecule has 2 aliphatic rings. The molecule has 12 atom stereocenters. The monoisotopic (exact) mass is 1220 g/mol. The van der Waals surface area contributed by atoms with Crippen molar-refractivity contribution in [3.8, 4) is 0 Å². The zero-order valence-corrected chi connectivity index (χ0v) is 55.3. The third-order valence-corrected chi connectivity index (χ3v) is 18.1. The zero-order chi connectivity index (χ0) is 62.3. The molecule has 86 heavy (non-hydrogen) atoms. The van der Waals surface area contributed by atoms with E-state index in [1.165, 1.54) is 270 Å². The fourth-order valence-corrected chi connectivity index (χ4v) is 12.3. The van der Waals surface area contributed by atoms with E-state index in [0.29, 0.717) is 6.42 Å². The summed E-state index contributed by atoms with van der Waals surface area (Å²) < 4.78 is 22.9. The number of allylic oxidation sites excluding steroid dienone is 3. The second-order valence-corrected chi connectivity index (χ2v) is 26.1. The number of hydrogen-bond acceptors (Lipinski definition) is 13. The van der Waals surface area contributed by atoms with Gasteiger partial charge in [-0.05, 0) is 44.9 Å². The average Bonchev–Trinajstić information content (AvgIpc) is 2.54. The summed E-state index contributed by atoms with van der Waals surface area (Å²) in [7, 11) is 0. The molecule has 9 N–H and O–H groups in total. The van der Waals surface area contributed by atoms with Crippen LogP contribution in [0.5, 0.6) is 0 Å². The molecule has 0 spiro atoms. The first kappa shape index (κ1) is 80.6. The predicted molar refractivity (Wildman–Crippen MR) is 351 cm³/mol. The molecule has 2 rings (SSSR count). The van der Waals surface area contributed by atoms with E-state index in [1.807, 2.05) is 6.08 Å². The van der Waals surface area contributed by atoms with E-state index in [1.54, 1.807) is 6.08 Å². The Kier molecular flexibility index (Phi) is 53.7. The summed E-state index contributed by atoms with van der Waals surface area (Å²) in [6.45, 7) is 2.85. The van der Waals surface area contributed by atoms with Gasteiger partial charge in [-0.2, -0.15) is 0 Å². The number of amides is 1. The average molecular weight is 1220 g/mol. The number of unbranched alkanes of at least 4 members (excludes halogenated alkanes) is 46. The molecule has 1 amide bonds. The van der Waals surface area contributed by atoms with Crippen molar-refractivity contribution >= 4 is 5.91 Å². The first-order valence-electron chi connectivity index (χ1n) is 36.6. The highest BCUT2D eigenvalue weighted by Crippen LogP contribution is 2.30. The van der Waals surface area contributed by atoms with Gasteiger partial charge in [0, 0.05) is 6.42 Å². The molecule has 2 fully saturated rings. The van der Waals surface area contributed by atoms with E-state index in [2.05, 4.69) is 31.3 Å². The Labute approximate surface area is 526 Å². The molecule has 508 valence electrons. The zero-order valence-electron chi connectivity index (χ0n) is 55.3. The van der Waals surface area contributed by atoms with Gasteiger partial charge in [-0.25, -0.2) is 0 Å². The molecule has 0 aromatic carbocycles. The lowest BCUT2D eigenvalue weighted by Gasteiger charge is -2.46. The van der Waals surface area contributed by atoms with Gasteiger partial charge in [0.05, 0.1) is 32.0 Å². The van der Waals surface area contributed by atoms with Gasteiger partial charge in [0.25, 0.3) is 0 Å². The van der Waals surface area contributed by atoms with E-state index in [4.69, 9.17) is 18.9 Å². The molecule has 14 heteroatoms. The van der Waals surface area contributed by atoms with Crippen LogP contribution < -0.4 is 5.32 Å². The normalized spacial score (nSPS) is 23.5. The third kappa shape index (κ3) is 41.1. The molecule has 0 saturated carbocycles. The topological polar surface area (TPSA) is 228 Å². The minimum absolute atomic E-state index is 0.236. The van der Waals surface area contributed by atoms with E-state index in [-0.39, 0.29) is 18.9 Å². The summed E-state index contributed by atoms with van der Waals surface area (Å²) in [5.74, 6) is -0.236. The van der Waals surface area contributed by atoms with Crippen LogP contribution in [-0.4, -0.2) is 140 Å². The van der Waals surface area contributed by atoms with Crippen molar-refractivity contribution in [2.75, 3.05) is 19.8 Å². The van der Waals surface area contributed by atoms with E-state index in [9.17, 15) is 45.6 Å². The van der Waals surface area contributed by atoms with Crippen LogP contribution in [0.4, 0.5) is 0 Å². The van der Waals surface area contributed by atoms with Crippen molar-refractivity contribution in [2.24, 2.45) is 0 Å². The number of nitrogens with one attached hydrogen (secondary N) is 1. The fourth-order valence-electron chi connectivity index (χ4n) is 12.3. The molecule has 14 nitrogen and oxygen atoms in total. The lowest BCUT2D eigenvalue weighted by atomic mass is 9.97. The van der Waals surface area contributed by atoms with Crippen molar-refractivity contribution in [1.82, 2.24) is 5.32 Å². The second-order valence-electron chi connectivity index (χ2n) is 26.1. The quantitative estimate of drug-likeness (QED) is 0.0204. The summed E-state index contributed by atoms with van der Waals surface area (Å²) in [4.78, 5) is 13.3. The van der Waals surface area contributed by atoms with Crippen LogP contribution in [0.3, 0.4) is 0 Å².